The smallest absolute Gasteiger partial charge is 0.315 e. The third kappa shape index (κ3) is 6.13. The molecule has 0 radical (unpaired) electrons. The van der Waals surface area contributed by atoms with E-state index in [4.69, 9.17) is 0 Å². The number of carbonyl (C=O) groups is 1. The van der Waals surface area contributed by atoms with Gasteiger partial charge in [-0.05, 0) is 35.9 Å². The van der Waals surface area contributed by atoms with E-state index in [1.54, 1.807) is 24.4 Å². The fourth-order valence-corrected chi connectivity index (χ4v) is 3.77. The molecule has 0 spiro atoms. The first-order valence-corrected chi connectivity index (χ1v) is 11.1. The molecule has 30 heavy (non-hydrogen) atoms. The van der Waals surface area contributed by atoms with Gasteiger partial charge in [0.2, 0.25) is 10.0 Å². The zero-order valence-electron chi connectivity index (χ0n) is 16.6. The van der Waals surface area contributed by atoms with Gasteiger partial charge < -0.3 is 10.6 Å². The van der Waals surface area contributed by atoms with Gasteiger partial charge in [0.15, 0.2) is 0 Å². The van der Waals surface area contributed by atoms with Crippen molar-refractivity contribution in [2.75, 3.05) is 7.05 Å². The van der Waals surface area contributed by atoms with E-state index in [9.17, 15) is 13.2 Å². The predicted molar refractivity (Wildman–Crippen MR) is 116 cm³/mol. The zero-order valence-corrected chi connectivity index (χ0v) is 17.4. The first kappa shape index (κ1) is 21.5. The molecule has 1 unspecified atom stereocenters. The summed E-state index contributed by atoms with van der Waals surface area (Å²) < 4.78 is 25.8. The van der Waals surface area contributed by atoms with Crippen LogP contribution in [0.2, 0.25) is 0 Å². The van der Waals surface area contributed by atoms with E-state index >= 15 is 0 Å². The van der Waals surface area contributed by atoms with E-state index in [1.807, 2.05) is 54.6 Å². The zero-order chi connectivity index (χ0) is 21.4. The quantitative estimate of drug-likeness (QED) is 0.518. The molecule has 1 aromatic heterocycles. The predicted octanol–water partition coefficient (Wildman–Crippen LogP) is 2.72. The maximum Gasteiger partial charge on any atom is 0.315 e. The second kappa shape index (κ2) is 10.00. The number of benzene rings is 2. The fourth-order valence-electron chi connectivity index (χ4n) is 3.01. The number of hydrogen-bond donors (Lipinski definition) is 3. The van der Waals surface area contributed by atoms with E-state index in [1.165, 1.54) is 7.05 Å². The second-order valence-corrected chi connectivity index (χ2v) is 8.63. The van der Waals surface area contributed by atoms with Crippen LogP contribution in [0, 0.1) is 0 Å². The van der Waals surface area contributed by atoms with Gasteiger partial charge in [-0.3, -0.25) is 4.98 Å². The van der Waals surface area contributed by atoms with Crippen molar-refractivity contribution in [3.63, 3.8) is 0 Å². The summed E-state index contributed by atoms with van der Waals surface area (Å²) in [6, 6.07) is 21.6. The molecular weight excluding hydrogens is 400 g/mol. The minimum atomic E-state index is -3.35. The summed E-state index contributed by atoms with van der Waals surface area (Å²) in [6.07, 6.45) is 1.69. The molecule has 3 N–H and O–H groups in total. The lowest BCUT2D eigenvalue weighted by molar-refractivity contribution is 0.238. The van der Waals surface area contributed by atoms with Crippen molar-refractivity contribution in [2.24, 2.45) is 0 Å². The molecule has 3 rings (SSSR count). The highest BCUT2D eigenvalue weighted by atomic mass is 32.2. The van der Waals surface area contributed by atoms with E-state index in [0.717, 1.165) is 16.8 Å². The van der Waals surface area contributed by atoms with Crippen LogP contribution in [0.4, 0.5) is 4.79 Å². The standard InChI is InChI=1S/C22H24N4O3S/c1-23-30(28,29)16-18-9-7-8-17(14-18)15-25-22(27)26-21(19-10-3-2-4-11-19)20-12-5-6-13-24-20/h2-14,21,23H,15-16H2,1H3,(H2,25,26,27). The van der Waals surface area contributed by atoms with Gasteiger partial charge in [0, 0.05) is 12.7 Å². The van der Waals surface area contributed by atoms with Crippen LogP contribution in [0.3, 0.4) is 0 Å². The van der Waals surface area contributed by atoms with Crippen LogP contribution >= 0.6 is 0 Å². The highest BCUT2D eigenvalue weighted by Gasteiger charge is 2.17. The molecule has 1 atom stereocenters. The molecule has 0 saturated carbocycles. The average molecular weight is 425 g/mol. The monoisotopic (exact) mass is 424 g/mol. The van der Waals surface area contributed by atoms with E-state index in [-0.39, 0.29) is 24.4 Å². The third-order valence-electron chi connectivity index (χ3n) is 4.50. The number of hydrogen-bond acceptors (Lipinski definition) is 4. The lowest BCUT2D eigenvalue weighted by Crippen LogP contribution is -2.38. The molecule has 0 saturated heterocycles. The third-order valence-corrected chi connectivity index (χ3v) is 5.84. The molecule has 3 aromatic rings. The summed E-state index contributed by atoms with van der Waals surface area (Å²) in [4.78, 5) is 17.0. The molecular formula is C22H24N4O3S. The lowest BCUT2D eigenvalue weighted by atomic mass is 10.0. The van der Waals surface area contributed by atoms with Gasteiger partial charge in [-0.2, -0.15) is 0 Å². The summed E-state index contributed by atoms with van der Waals surface area (Å²) in [7, 11) is -1.97. The summed E-state index contributed by atoms with van der Waals surface area (Å²) in [5.41, 5.74) is 3.12. The normalized spacial score (nSPS) is 12.2. The van der Waals surface area contributed by atoms with Crippen LogP contribution in [-0.4, -0.2) is 26.5 Å². The van der Waals surface area contributed by atoms with Gasteiger partial charge in [0.1, 0.15) is 0 Å². The molecule has 2 aromatic carbocycles. The number of nitrogens with one attached hydrogen (secondary N) is 3. The van der Waals surface area contributed by atoms with Gasteiger partial charge in [-0.1, -0.05) is 60.7 Å². The van der Waals surface area contributed by atoms with Crippen LogP contribution in [0.5, 0.6) is 0 Å². The summed E-state index contributed by atoms with van der Waals surface area (Å²) in [6.45, 7) is 0.267. The van der Waals surface area contributed by atoms with Crippen molar-refractivity contribution in [1.82, 2.24) is 20.3 Å². The van der Waals surface area contributed by atoms with E-state index in [2.05, 4.69) is 20.3 Å². The molecule has 0 aliphatic heterocycles. The van der Waals surface area contributed by atoms with Gasteiger partial charge in [0.25, 0.3) is 0 Å². The van der Waals surface area contributed by atoms with Gasteiger partial charge in [0.05, 0.1) is 17.5 Å². The molecule has 0 fully saturated rings. The number of amides is 2. The van der Waals surface area contributed by atoms with Crippen molar-refractivity contribution in [1.29, 1.82) is 0 Å². The fraction of sp³-hybridized carbons (Fsp3) is 0.182. The number of sulfonamides is 1. The maximum atomic E-state index is 12.6. The van der Waals surface area contributed by atoms with Crippen molar-refractivity contribution in [3.8, 4) is 0 Å². The van der Waals surface area contributed by atoms with Gasteiger partial charge in [-0.15, -0.1) is 0 Å². The Bertz CT molecular complexity index is 1030. The summed E-state index contributed by atoms with van der Waals surface area (Å²) in [5.74, 6) is -0.112. The number of rotatable bonds is 8. The number of urea groups is 1. The Balaban J connectivity index is 1.67. The number of carbonyl (C=O) groups excluding carboxylic acids is 1. The lowest BCUT2D eigenvalue weighted by Gasteiger charge is -2.19. The highest BCUT2D eigenvalue weighted by Crippen LogP contribution is 2.19. The van der Waals surface area contributed by atoms with Crippen LogP contribution < -0.4 is 15.4 Å². The molecule has 1 heterocycles. The minimum absolute atomic E-state index is 0.112. The van der Waals surface area contributed by atoms with Crippen LogP contribution in [0.15, 0.2) is 79.0 Å². The topological polar surface area (TPSA) is 100 Å². The molecule has 156 valence electrons. The SMILES string of the molecule is CNS(=O)(=O)Cc1cccc(CNC(=O)NC(c2ccccc2)c2ccccn2)c1. The van der Waals surface area contributed by atoms with Crippen molar-refractivity contribution < 1.29 is 13.2 Å². The molecule has 7 nitrogen and oxygen atoms in total. The molecule has 0 aliphatic carbocycles. The summed E-state index contributed by atoms with van der Waals surface area (Å²) in [5, 5.41) is 5.79. The molecule has 2 amide bonds. The van der Waals surface area contributed by atoms with Gasteiger partial charge >= 0.3 is 6.03 Å². The Morgan fingerprint density at radius 1 is 0.967 bits per heavy atom. The van der Waals surface area contributed by atoms with E-state index < -0.39 is 10.0 Å². The summed E-state index contributed by atoms with van der Waals surface area (Å²) >= 11 is 0. The highest BCUT2D eigenvalue weighted by molar-refractivity contribution is 7.88. The Labute approximate surface area is 176 Å². The molecule has 8 heteroatoms. The number of pyridine rings is 1. The first-order valence-electron chi connectivity index (χ1n) is 9.46. The number of aromatic nitrogens is 1. The molecule has 0 aliphatic rings. The van der Waals surface area contributed by atoms with Crippen LogP contribution in [0.1, 0.15) is 28.4 Å². The van der Waals surface area contributed by atoms with Crippen molar-refractivity contribution in [3.05, 3.63) is 101 Å². The average Bonchev–Trinajstić information content (AvgIpc) is 2.77. The van der Waals surface area contributed by atoms with E-state index in [0.29, 0.717) is 5.56 Å². The largest absolute Gasteiger partial charge is 0.334 e. The second-order valence-electron chi connectivity index (χ2n) is 6.71. The van der Waals surface area contributed by atoms with Gasteiger partial charge in [-0.25, -0.2) is 17.9 Å². The Morgan fingerprint density at radius 3 is 2.40 bits per heavy atom. The Kier molecular flexibility index (Phi) is 7.16. The maximum absolute atomic E-state index is 12.6. The van der Waals surface area contributed by atoms with Crippen LogP contribution in [-0.2, 0) is 22.3 Å². The first-order chi connectivity index (χ1) is 14.5. The van der Waals surface area contributed by atoms with Crippen molar-refractivity contribution >= 4 is 16.1 Å². The molecule has 0 bridgehead atoms. The van der Waals surface area contributed by atoms with Crippen LogP contribution in [0.25, 0.3) is 0 Å². The van der Waals surface area contributed by atoms with Crippen molar-refractivity contribution in [2.45, 2.75) is 18.3 Å². The Morgan fingerprint density at radius 2 is 1.70 bits per heavy atom. The minimum Gasteiger partial charge on any atom is -0.334 e. The Hall–Kier alpha value is -3.23. The number of nitrogens with zero attached hydrogens (tertiary/aromatic N) is 1.